The lowest BCUT2D eigenvalue weighted by Gasteiger charge is -2.24. The Labute approximate surface area is 162 Å². The van der Waals surface area contributed by atoms with Crippen LogP contribution in [0.1, 0.15) is 16.2 Å². The van der Waals surface area contributed by atoms with E-state index in [0.717, 1.165) is 12.3 Å². The van der Waals surface area contributed by atoms with Crippen molar-refractivity contribution in [3.8, 4) is 5.75 Å². The van der Waals surface area contributed by atoms with Gasteiger partial charge in [0, 0.05) is 23.0 Å². The van der Waals surface area contributed by atoms with Crippen molar-refractivity contribution in [2.75, 3.05) is 13.2 Å². The predicted octanol–water partition coefficient (Wildman–Crippen LogP) is 4.75. The van der Waals surface area contributed by atoms with Crippen molar-refractivity contribution < 1.29 is 14.3 Å². The molecule has 1 atom stereocenters. The molecule has 0 saturated carbocycles. The number of rotatable bonds is 9. The predicted molar refractivity (Wildman–Crippen MR) is 105 cm³/mol. The second-order valence-corrected chi connectivity index (χ2v) is 7.63. The summed E-state index contributed by atoms with van der Waals surface area (Å²) < 4.78 is 11.1. The second-order valence-electron chi connectivity index (χ2n) is 6.19. The number of thiophene rings is 1. The molecule has 1 unspecified atom stereocenters. The van der Waals surface area contributed by atoms with E-state index in [1.165, 1.54) is 10.4 Å². The topological polar surface area (TPSA) is 45.8 Å². The van der Waals surface area contributed by atoms with Gasteiger partial charge in [-0.1, -0.05) is 11.6 Å². The van der Waals surface area contributed by atoms with Gasteiger partial charge in [-0.25, -0.2) is 0 Å². The first kappa shape index (κ1) is 19.0. The van der Waals surface area contributed by atoms with Crippen LogP contribution in [0.25, 0.3) is 0 Å². The van der Waals surface area contributed by atoms with Gasteiger partial charge in [0.15, 0.2) is 0 Å². The molecule has 138 valence electrons. The molecule has 3 aromatic rings. The third-order valence-electron chi connectivity index (χ3n) is 4.02. The van der Waals surface area contributed by atoms with Crippen LogP contribution in [0.2, 0.25) is 5.02 Å². The van der Waals surface area contributed by atoms with Crippen LogP contribution in [0, 0.1) is 6.92 Å². The summed E-state index contributed by atoms with van der Waals surface area (Å²) in [6.45, 7) is 4.23. The molecule has 0 amide bonds. The Kier molecular flexibility index (Phi) is 6.74. The highest BCUT2D eigenvalue weighted by Crippen LogP contribution is 2.20. The van der Waals surface area contributed by atoms with Gasteiger partial charge < -0.3 is 14.3 Å². The zero-order valence-electron chi connectivity index (χ0n) is 14.6. The summed E-state index contributed by atoms with van der Waals surface area (Å²) in [5.74, 6) is 1.57. The maximum Gasteiger partial charge on any atom is 0.119 e. The van der Waals surface area contributed by atoms with E-state index < -0.39 is 6.10 Å². The SMILES string of the molecule is Cc1ccsc1CN(Cc1ccco1)CC(O)COc1ccc(Cl)cc1. The Bertz CT molecular complexity index is 786. The van der Waals surface area contributed by atoms with Crippen LogP contribution in [0.5, 0.6) is 5.75 Å². The van der Waals surface area contributed by atoms with Gasteiger partial charge in [-0.15, -0.1) is 11.3 Å². The first-order valence-electron chi connectivity index (χ1n) is 8.44. The number of hydrogen-bond acceptors (Lipinski definition) is 5. The summed E-state index contributed by atoms with van der Waals surface area (Å²) in [7, 11) is 0. The molecule has 0 aliphatic rings. The molecule has 0 bridgehead atoms. The van der Waals surface area contributed by atoms with Crippen LogP contribution in [0.15, 0.2) is 58.5 Å². The van der Waals surface area contributed by atoms with Crippen LogP contribution in [0.4, 0.5) is 0 Å². The van der Waals surface area contributed by atoms with E-state index >= 15 is 0 Å². The van der Waals surface area contributed by atoms with Gasteiger partial charge in [-0.05, 0) is 60.3 Å². The number of halogens is 1. The standard InChI is InChI=1S/C20H22ClNO3S/c1-15-8-10-26-20(15)13-22(12-19-3-2-9-24-19)11-17(23)14-25-18-6-4-16(21)5-7-18/h2-10,17,23H,11-14H2,1H3. The first-order chi connectivity index (χ1) is 12.6. The molecule has 0 aliphatic carbocycles. The number of nitrogens with zero attached hydrogens (tertiary/aromatic N) is 1. The van der Waals surface area contributed by atoms with Gasteiger partial charge in [-0.3, -0.25) is 4.90 Å². The Morgan fingerprint density at radius 1 is 1.19 bits per heavy atom. The maximum atomic E-state index is 10.4. The molecule has 2 heterocycles. The van der Waals surface area contributed by atoms with Crippen molar-refractivity contribution >= 4 is 22.9 Å². The number of aryl methyl sites for hydroxylation is 1. The third-order valence-corrected chi connectivity index (χ3v) is 5.28. The highest BCUT2D eigenvalue weighted by atomic mass is 35.5. The molecule has 0 radical (unpaired) electrons. The fourth-order valence-corrected chi connectivity index (χ4v) is 3.72. The van der Waals surface area contributed by atoms with E-state index in [-0.39, 0.29) is 6.61 Å². The van der Waals surface area contributed by atoms with Crippen LogP contribution in [0.3, 0.4) is 0 Å². The molecule has 26 heavy (non-hydrogen) atoms. The maximum absolute atomic E-state index is 10.4. The number of ether oxygens (including phenoxy) is 1. The first-order valence-corrected chi connectivity index (χ1v) is 9.70. The lowest BCUT2D eigenvalue weighted by molar-refractivity contribution is 0.0608. The van der Waals surface area contributed by atoms with Gasteiger partial charge in [-0.2, -0.15) is 0 Å². The number of aliphatic hydroxyl groups excluding tert-OH is 1. The summed E-state index contributed by atoms with van der Waals surface area (Å²) in [6.07, 6.45) is 1.06. The van der Waals surface area contributed by atoms with Crippen molar-refractivity contribution in [3.63, 3.8) is 0 Å². The highest BCUT2D eigenvalue weighted by Gasteiger charge is 2.16. The summed E-state index contributed by atoms with van der Waals surface area (Å²) in [4.78, 5) is 3.47. The largest absolute Gasteiger partial charge is 0.491 e. The van der Waals surface area contributed by atoms with Gasteiger partial charge in [0.2, 0.25) is 0 Å². The van der Waals surface area contributed by atoms with Crippen LogP contribution in [-0.2, 0) is 13.1 Å². The van der Waals surface area contributed by atoms with Gasteiger partial charge in [0.1, 0.15) is 24.2 Å². The van der Waals surface area contributed by atoms with Gasteiger partial charge in [0.05, 0.1) is 12.8 Å². The van der Waals surface area contributed by atoms with Crippen molar-refractivity contribution in [1.29, 1.82) is 0 Å². The summed E-state index contributed by atoms with van der Waals surface area (Å²) in [5.41, 5.74) is 1.27. The molecule has 1 aromatic carbocycles. The van der Waals surface area contributed by atoms with E-state index in [2.05, 4.69) is 23.3 Å². The molecule has 0 fully saturated rings. The second kappa shape index (κ2) is 9.24. The van der Waals surface area contributed by atoms with E-state index in [9.17, 15) is 5.11 Å². The average molecular weight is 392 g/mol. The number of furan rings is 1. The van der Waals surface area contributed by atoms with Crippen molar-refractivity contribution in [2.24, 2.45) is 0 Å². The fraction of sp³-hybridized carbons (Fsp3) is 0.300. The molecule has 0 aliphatic heterocycles. The van der Waals surface area contributed by atoms with Crippen LogP contribution < -0.4 is 4.74 Å². The van der Waals surface area contributed by atoms with Crippen LogP contribution >= 0.6 is 22.9 Å². The Hall–Kier alpha value is -1.79. The molecule has 0 spiro atoms. The zero-order chi connectivity index (χ0) is 18.4. The van der Waals surface area contributed by atoms with Crippen LogP contribution in [-0.4, -0.2) is 29.3 Å². The highest BCUT2D eigenvalue weighted by molar-refractivity contribution is 7.10. The lowest BCUT2D eigenvalue weighted by Crippen LogP contribution is -2.35. The Balaban J connectivity index is 1.58. The van der Waals surface area contributed by atoms with Crippen molar-refractivity contribution in [1.82, 2.24) is 4.90 Å². The Morgan fingerprint density at radius 3 is 2.65 bits per heavy atom. The molecule has 1 N–H and O–H groups in total. The molecule has 0 saturated heterocycles. The van der Waals surface area contributed by atoms with Crippen molar-refractivity contribution in [2.45, 2.75) is 26.1 Å². The average Bonchev–Trinajstić information content (AvgIpc) is 3.27. The van der Waals surface area contributed by atoms with Gasteiger partial charge in [0.25, 0.3) is 0 Å². The monoisotopic (exact) mass is 391 g/mol. The van der Waals surface area contributed by atoms with E-state index in [0.29, 0.717) is 23.9 Å². The van der Waals surface area contributed by atoms with Crippen molar-refractivity contribution in [3.05, 3.63) is 75.3 Å². The van der Waals surface area contributed by atoms with E-state index in [4.69, 9.17) is 20.8 Å². The normalized spacial score (nSPS) is 12.5. The smallest absolute Gasteiger partial charge is 0.119 e. The molecular weight excluding hydrogens is 370 g/mol. The minimum absolute atomic E-state index is 0.222. The van der Waals surface area contributed by atoms with E-state index in [1.807, 2.05) is 12.1 Å². The molecular formula is C20H22ClNO3S. The summed E-state index contributed by atoms with van der Waals surface area (Å²) >= 11 is 7.60. The minimum Gasteiger partial charge on any atom is -0.491 e. The number of aliphatic hydroxyl groups is 1. The number of benzene rings is 1. The molecule has 4 nitrogen and oxygen atoms in total. The minimum atomic E-state index is -0.610. The molecule has 2 aromatic heterocycles. The molecule has 3 rings (SSSR count). The zero-order valence-corrected chi connectivity index (χ0v) is 16.2. The summed E-state index contributed by atoms with van der Waals surface area (Å²) in [6, 6.07) is 13.1. The quantitative estimate of drug-likeness (QED) is 0.572. The molecule has 6 heteroatoms. The van der Waals surface area contributed by atoms with Gasteiger partial charge >= 0.3 is 0 Å². The van der Waals surface area contributed by atoms with E-state index in [1.54, 1.807) is 41.9 Å². The number of hydrogen-bond donors (Lipinski definition) is 1. The third kappa shape index (κ3) is 5.61. The summed E-state index contributed by atoms with van der Waals surface area (Å²) in [5, 5.41) is 13.2. The lowest BCUT2D eigenvalue weighted by atomic mass is 10.2. The fourth-order valence-electron chi connectivity index (χ4n) is 2.65. The Morgan fingerprint density at radius 2 is 2.00 bits per heavy atom.